The molecule has 2 aromatic carbocycles. The summed E-state index contributed by atoms with van der Waals surface area (Å²) in [6.45, 7) is 4.45. The van der Waals surface area contributed by atoms with Gasteiger partial charge in [0.25, 0.3) is 0 Å². The van der Waals surface area contributed by atoms with Crippen LogP contribution in [0.2, 0.25) is 0 Å². The zero-order chi connectivity index (χ0) is 18.4. The van der Waals surface area contributed by atoms with Crippen molar-refractivity contribution in [2.24, 2.45) is 0 Å². The molecule has 0 radical (unpaired) electrons. The highest BCUT2D eigenvalue weighted by atomic mass is 32.1. The number of carbonyl (C=O) groups excluding carboxylic acids is 1. The van der Waals surface area contributed by atoms with Crippen molar-refractivity contribution in [2.75, 3.05) is 11.9 Å². The largest absolute Gasteiger partial charge is 0.325 e. The van der Waals surface area contributed by atoms with Gasteiger partial charge in [-0.05, 0) is 48.1 Å². The average Bonchev–Trinajstić information content (AvgIpc) is 3.18. The molecule has 4 heteroatoms. The number of aryl methyl sites for hydroxylation is 2. The van der Waals surface area contributed by atoms with Crippen LogP contribution in [0.4, 0.5) is 5.69 Å². The van der Waals surface area contributed by atoms with Gasteiger partial charge in [-0.15, -0.1) is 11.3 Å². The van der Waals surface area contributed by atoms with E-state index in [9.17, 15) is 4.79 Å². The van der Waals surface area contributed by atoms with Crippen LogP contribution in [-0.2, 0) is 11.2 Å². The van der Waals surface area contributed by atoms with E-state index in [1.54, 1.807) is 11.3 Å². The maximum atomic E-state index is 12.4. The predicted molar refractivity (Wildman–Crippen MR) is 110 cm³/mol. The molecule has 3 rings (SSSR count). The van der Waals surface area contributed by atoms with Gasteiger partial charge in [-0.2, -0.15) is 0 Å². The molecule has 3 nitrogen and oxygen atoms in total. The van der Waals surface area contributed by atoms with E-state index in [-0.39, 0.29) is 18.5 Å². The molecule has 0 spiro atoms. The number of thiophene rings is 1. The van der Waals surface area contributed by atoms with Gasteiger partial charge in [0.1, 0.15) is 0 Å². The fourth-order valence-electron chi connectivity index (χ4n) is 2.82. The zero-order valence-electron chi connectivity index (χ0n) is 15.2. The van der Waals surface area contributed by atoms with E-state index in [0.29, 0.717) is 0 Å². The standard InChI is InChI=1S/C22H24N2OS/c1-3-17-8-12-19(13-9-17)24-21(25)15-23-22(20-5-4-14-26-20)18-10-6-16(2)7-11-18/h4-14,22-23H,3,15H2,1-2H3,(H,24,25)/t22-/m0/s1. The molecule has 0 bridgehead atoms. The predicted octanol–water partition coefficient (Wildman–Crippen LogP) is 4.94. The molecule has 0 saturated heterocycles. The quantitative estimate of drug-likeness (QED) is 0.624. The highest BCUT2D eigenvalue weighted by molar-refractivity contribution is 7.10. The van der Waals surface area contributed by atoms with Crippen LogP contribution < -0.4 is 10.6 Å². The van der Waals surface area contributed by atoms with Crippen LogP contribution in [0, 0.1) is 6.92 Å². The van der Waals surface area contributed by atoms with Crippen molar-refractivity contribution in [3.05, 3.63) is 87.6 Å². The van der Waals surface area contributed by atoms with Crippen LogP contribution >= 0.6 is 11.3 Å². The molecule has 1 heterocycles. The highest BCUT2D eigenvalue weighted by Gasteiger charge is 2.16. The molecule has 0 fully saturated rings. The lowest BCUT2D eigenvalue weighted by Crippen LogP contribution is -2.31. The van der Waals surface area contributed by atoms with Crippen molar-refractivity contribution in [1.29, 1.82) is 0 Å². The van der Waals surface area contributed by atoms with Gasteiger partial charge in [0, 0.05) is 10.6 Å². The minimum Gasteiger partial charge on any atom is -0.325 e. The van der Waals surface area contributed by atoms with Gasteiger partial charge in [-0.1, -0.05) is 55.0 Å². The van der Waals surface area contributed by atoms with Gasteiger partial charge >= 0.3 is 0 Å². The van der Waals surface area contributed by atoms with Crippen LogP contribution in [0.1, 0.15) is 34.5 Å². The van der Waals surface area contributed by atoms with Crippen LogP contribution in [0.3, 0.4) is 0 Å². The molecule has 134 valence electrons. The van der Waals surface area contributed by atoms with Crippen LogP contribution in [0.25, 0.3) is 0 Å². The van der Waals surface area contributed by atoms with Crippen molar-refractivity contribution in [1.82, 2.24) is 5.32 Å². The first-order valence-electron chi connectivity index (χ1n) is 8.88. The van der Waals surface area contributed by atoms with Gasteiger partial charge in [0.15, 0.2) is 0 Å². The number of benzene rings is 2. The molecule has 3 aromatic rings. The van der Waals surface area contributed by atoms with Gasteiger partial charge in [-0.3, -0.25) is 10.1 Å². The molecule has 1 atom stereocenters. The van der Waals surface area contributed by atoms with E-state index in [4.69, 9.17) is 0 Å². The Balaban J connectivity index is 1.65. The minimum atomic E-state index is -0.0390. The first-order valence-corrected chi connectivity index (χ1v) is 9.76. The van der Waals surface area contributed by atoms with Crippen LogP contribution in [0.5, 0.6) is 0 Å². The Morgan fingerprint density at radius 1 is 1.04 bits per heavy atom. The van der Waals surface area contributed by atoms with E-state index >= 15 is 0 Å². The van der Waals surface area contributed by atoms with Gasteiger partial charge in [0.05, 0.1) is 12.6 Å². The Kier molecular flexibility index (Phi) is 6.21. The smallest absolute Gasteiger partial charge is 0.238 e. The Labute approximate surface area is 159 Å². The lowest BCUT2D eigenvalue weighted by atomic mass is 10.0. The molecule has 0 aliphatic carbocycles. The molecule has 26 heavy (non-hydrogen) atoms. The van der Waals surface area contributed by atoms with Crippen LogP contribution in [-0.4, -0.2) is 12.5 Å². The zero-order valence-corrected chi connectivity index (χ0v) is 16.0. The summed E-state index contributed by atoms with van der Waals surface area (Å²) in [7, 11) is 0. The van der Waals surface area contributed by atoms with E-state index in [1.165, 1.54) is 16.0 Å². The first kappa shape index (κ1) is 18.4. The van der Waals surface area contributed by atoms with E-state index < -0.39 is 0 Å². The summed E-state index contributed by atoms with van der Waals surface area (Å²) < 4.78 is 0. The molecular weight excluding hydrogens is 340 g/mol. The molecule has 2 N–H and O–H groups in total. The van der Waals surface area contributed by atoms with Crippen molar-refractivity contribution < 1.29 is 4.79 Å². The van der Waals surface area contributed by atoms with Gasteiger partial charge < -0.3 is 5.32 Å². The summed E-state index contributed by atoms with van der Waals surface area (Å²) in [6, 6.07) is 20.6. The maximum Gasteiger partial charge on any atom is 0.238 e. The van der Waals surface area contributed by atoms with Gasteiger partial charge in [0.2, 0.25) is 5.91 Å². The first-order chi connectivity index (χ1) is 12.7. The number of hydrogen-bond acceptors (Lipinski definition) is 3. The Morgan fingerprint density at radius 2 is 1.77 bits per heavy atom. The Hall–Kier alpha value is -2.43. The van der Waals surface area contributed by atoms with Crippen molar-refractivity contribution in [2.45, 2.75) is 26.3 Å². The summed E-state index contributed by atoms with van der Waals surface area (Å²) in [4.78, 5) is 13.6. The third kappa shape index (κ3) is 4.81. The lowest BCUT2D eigenvalue weighted by Gasteiger charge is -2.18. The number of nitrogens with one attached hydrogen (secondary N) is 2. The van der Waals surface area contributed by atoms with Crippen molar-refractivity contribution in [3.8, 4) is 0 Å². The monoisotopic (exact) mass is 364 g/mol. The summed E-state index contributed by atoms with van der Waals surface area (Å²) in [6.07, 6.45) is 0.995. The maximum absolute atomic E-state index is 12.4. The number of anilines is 1. The molecule has 0 aliphatic rings. The van der Waals surface area contributed by atoms with Crippen molar-refractivity contribution in [3.63, 3.8) is 0 Å². The van der Waals surface area contributed by atoms with E-state index in [1.807, 2.05) is 30.3 Å². The van der Waals surface area contributed by atoms with E-state index in [2.05, 4.69) is 60.2 Å². The molecule has 0 saturated carbocycles. The molecule has 1 aromatic heterocycles. The van der Waals surface area contributed by atoms with Crippen LogP contribution in [0.15, 0.2) is 66.0 Å². The SMILES string of the molecule is CCc1ccc(NC(=O)CN[C@@H](c2ccc(C)cc2)c2cccs2)cc1. The number of hydrogen-bond donors (Lipinski definition) is 2. The summed E-state index contributed by atoms with van der Waals surface area (Å²) in [5.74, 6) is -0.0390. The van der Waals surface area contributed by atoms with Crippen molar-refractivity contribution >= 4 is 22.9 Å². The Bertz CT molecular complexity index is 824. The normalized spacial score (nSPS) is 11.9. The molecular formula is C22H24N2OS. The highest BCUT2D eigenvalue weighted by Crippen LogP contribution is 2.26. The topological polar surface area (TPSA) is 41.1 Å². The minimum absolute atomic E-state index is 0.0174. The number of amides is 1. The average molecular weight is 365 g/mol. The lowest BCUT2D eigenvalue weighted by molar-refractivity contribution is -0.115. The number of carbonyl (C=O) groups is 1. The van der Waals surface area contributed by atoms with Gasteiger partial charge in [-0.25, -0.2) is 0 Å². The summed E-state index contributed by atoms with van der Waals surface area (Å²) in [5.41, 5.74) is 4.49. The Morgan fingerprint density at radius 3 is 2.38 bits per heavy atom. The molecule has 0 aliphatic heterocycles. The summed E-state index contributed by atoms with van der Waals surface area (Å²) >= 11 is 1.70. The number of rotatable bonds is 7. The third-order valence-corrected chi connectivity index (χ3v) is 5.29. The second kappa shape index (κ2) is 8.79. The molecule has 1 amide bonds. The summed E-state index contributed by atoms with van der Waals surface area (Å²) in [5, 5.41) is 8.42. The second-order valence-corrected chi connectivity index (χ2v) is 7.32. The third-order valence-electron chi connectivity index (χ3n) is 4.35. The fourth-order valence-corrected chi connectivity index (χ4v) is 3.65. The molecule has 0 unspecified atom stereocenters. The second-order valence-electron chi connectivity index (χ2n) is 6.34. The van der Waals surface area contributed by atoms with E-state index in [0.717, 1.165) is 17.7 Å². The fraction of sp³-hybridized carbons (Fsp3) is 0.227.